The van der Waals surface area contributed by atoms with Crippen LogP contribution in [0, 0.1) is 24.0 Å². The highest BCUT2D eigenvalue weighted by molar-refractivity contribution is 7.99. The van der Waals surface area contributed by atoms with Gasteiger partial charge in [0.05, 0.1) is 32.4 Å². The third-order valence-electron chi connectivity index (χ3n) is 4.52. The van der Waals surface area contributed by atoms with E-state index in [4.69, 9.17) is 4.74 Å². The van der Waals surface area contributed by atoms with Crippen molar-refractivity contribution in [1.29, 1.82) is 0 Å². The number of carbonyl (C=O) groups is 1. The van der Waals surface area contributed by atoms with Crippen LogP contribution >= 0.6 is 11.8 Å². The Labute approximate surface area is 185 Å². The van der Waals surface area contributed by atoms with Crippen molar-refractivity contribution in [2.75, 3.05) is 0 Å². The topological polar surface area (TPSA) is 87.3 Å². The van der Waals surface area contributed by atoms with Crippen LogP contribution in [0.4, 0.5) is 5.69 Å². The monoisotopic (exact) mass is 439 g/mol. The van der Waals surface area contributed by atoms with Gasteiger partial charge in [-0.3, -0.25) is 14.9 Å². The molecule has 3 rings (SSSR count). The zero-order valence-corrected chi connectivity index (χ0v) is 19.0. The van der Waals surface area contributed by atoms with E-state index in [9.17, 15) is 14.9 Å². The zero-order chi connectivity index (χ0) is 22.8. The van der Waals surface area contributed by atoms with E-state index in [1.807, 2.05) is 52.0 Å². The number of nitro groups is 1. The maximum atomic E-state index is 12.8. The summed E-state index contributed by atoms with van der Waals surface area (Å²) < 4.78 is 7.47. The maximum absolute atomic E-state index is 12.8. The third kappa shape index (κ3) is 5.32. The number of aromatic nitrogens is 2. The molecular formula is C23H25N3O4S. The van der Waals surface area contributed by atoms with Crippen LogP contribution in [0.2, 0.25) is 0 Å². The summed E-state index contributed by atoms with van der Waals surface area (Å²) >= 11 is 1.18. The quantitative estimate of drug-likeness (QED) is 0.288. The fraction of sp³-hybridized carbons (Fsp3) is 0.304. The van der Waals surface area contributed by atoms with Gasteiger partial charge in [0, 0.05) is 6.07 Å². The standard InChI is InChI=1S/C23H25N3O4S/c1-15-9-8-10-17(13-15)14-20(27)30-22-21(16(2)24-25(22)23(3,4)5)31-19-12-7-6-11-18(19)26(28)29/h6-13H,14H2,1-5H3. The van der Waals surface area contributed by atoms with Gasteiger partial charge in [0.2, 0.25) is 5.88 Å². The third-order valence-corrected chi connectivity index (χ3v) is 5.76. The average Bonchev–Trinajstić information content (AvgIpc) is 2.98. The summed E-state index contributed by atoms with van der Waals surface area (Å²) in [6.45, 7) is 9.63. The van der Waals surface area contributed by atoms with Crippen LogP contribution in [0.25, 0.3) is 0 Å². The number of esters is 1. The molecule has 0 unspecified atom stereocenters. The smallest absolute Gasteiger partial charge is 0.317 e. The molecule has 162 valence electrons. The van der Waals surface area contributed by atoms with Crippen molar-refractivity contribution in [1.82, 2.24) is 9.78 Å². The zero-order valence-electron chi connectivity index (χ0n) is 18.2. The lowest BCUT2D eigenvalue weighted by molar-refractivity contribution is -0.387. The molecule has 0 aliphatic heterocycles. The van der Waals surface area contributed by atoms with Crippen molar-refractivity contribution < 1.29 is 14.5 Å². The molecule has 2 aromatic carbocycles. The average molecular weight is 440 g/mol. The summed E-state index contributed by atoms with van der Waals surface area (Å²) in [7, 11) is 0. The number of nitrogens with zero attached hydrogens (tertiary/aromatic N) is 3. The molecular weight excluding hydrogens is 414 g/mol. The first-order chi connectivity index (χ1) is 14.6. The van der Waals surface area contributed by atoms with E-state index < -0.39 is 16.4 Å². The Balaban J connectivity index is 1.98. The lowest BCUT2D eigenvalue weighted by Crippen LogP contribution is -2.26. The van der Waals surface area contributed by atoms with Crippen LogP contribution in [-0.2, 0) is 16.8 Å². The fourth-order valence-corrected chi connectivity index (χ4v) is 4.11. The molecule has 1 aromatic heterocycles. The van der Waals surface area contributed by atoms with E-state index in [2.05, 4.69) is 5.10 Å². The van der Waals surface area contributed by atoms with E-state index in [1.165, 1.54) is 17.8 Å². The van der Waals surface area contributed by atoms with Gasteiger partial charge in [-0.1, -0.05) is 53.7 Å². The molecule has 8 heteroatoms. The second-order valence-corrected chi connectivity index (χ2v) is 9.32. The lowest BCUT2D eigenvalue weighted by Gasteiger charge is -2.22. The van der Waals surface area contributed by atoms with Crippen molar-refractivity contribution >= 4 is 23.4 Å². The molecule has 0 fully saturated rings. The Morgan fingerprint density at radius 3 is 2.52 bits per heavy atom. The van der Waals surface area contributed by atoms with Gasteiger partial charge in [-0.05, 0) is 46.2 Å². The minimum atomic E-state index is -0.453. The van der Waals surface area contributed by atoms with E-state index in [-0.39, 0.29) is 12.1 Å². The molecule has 0 amide bonds. The molecule has 1 heterocycles. The summed E-state index contributed by atoms with van der Waals surface area (Å²) in [5, 5.41) is 16.0. The molecule has 0 aliphatic carbocycles. The molecule has 31 heavy (non-hydrogen) atoms. The normalized spacial score (nSPS) is 11.4. The molecule has 0 saturated heterocycles. The highest BCUT2D eigenvalue weighted by Gasteiger charge is 2.28. The van der Waals surface area contributed by atoms with Crippen LogP contribution in [-0.4, -0.2) is 20.7 Å². The van der Waals surface area contributed by atoms with Crippen molar-refractivity contribution in [2.24, 2.45) is 0 Å². The largest absolute Gasteiger partial charge is 0.406 e. The summed E-state index contributed by atoms with van der Waals surface area (Å²) in [6.07, 6.45) is 0.117. The second kappa shape index (κ2) is 8.93. The van der Waals surface area contributed by atoms with E-state index >= 15 is 0 Å². The van der Waals surface area contributed by atoms with Gasteiger partial charge in [0.1, 0.15) is 0 Å². The number of para-hydroxylation sites is 1. The number of aryl methyl sites for hydroxylation is 2. The minimum Gasteiger partial charge on any atom is -0.406 e. The van der Waals surface area contributed by atoms with Crippen LogP contribution in [0.3, 0.4) is 0 Å². The van der Waals surface area contributed by atoms with Gasteiger partial charge in [0.25, 0.3) is 5.69 Å². The SMILES string of the molecule is Cc1cccc(CC(=O)Oc2c(Sc3ccccc3[N+](=O)[O-])c(C)nn2C(C)(C)C)c1. The second-order valence-electron chi connectivity index (χ2n) is 8.27. The van der Waals surface area contributed by atoms with Crippen LogP contribution in [0.1, 0.15) is 37.6 Å². The molecule has 0 aliphatic rings. The number of carbonyl (C=O) groups excluding carboxylic acids is 1. The van der Waals surface area contributed by atoms with Gasteiger partial charge in [-0.25, -0.2) is 4.68 Å². The van der Waals surface area contributed by atoms with Crippen molar-refractivity contribution in [3.63, 3.8) is 0 Å². The molecule has 0 bridgehead atoms. The van der Waals surface area contributed by atoms with Crippen LogP contribution in [0.15, 0.2) is 58.3 Å². The number of hydrogen-bond acceptors (Lipinski definition) is 6. The van der Waals surface area contributed by atoms with Crippen LogP contribution in [0.5, 0.6) is 5.88 Å². The predicted octanol–water partition coefficient (Wildman–Crippen LogP) is 5.46. The molecule has 0 N–H and O–H groups in total. The predicted molar refractivity (Wildman–Crippen MR) is 120 cm³/mol. The van der Waals surface area contributed by atoms with Crippen molar-refractivity contribution in [3.8, 4) is 5.88 Å². The highest BCUT2D eigenvalue weighted by atomic mass is 32.2. The van der Waals surface area contributed by atoms with Crippen molar-refractivity contribution in [3.05, 3.63) is 75.5 Å². The number of benzene rings is 2. The van der Waals surface area contributed by atoms with E-state index in [0.29, 0.717) is 21.4 Å². The highest BCUT2D eigenvalue weighted by Crippen LogP contribution is 2.42. The summed E-state index contributed by atoms with van der Waals surface area (Å²) in [5.74, 6) is -0.119. The Hall–Kier alpha value is -3.13. The number of hydrogen-bond donors (Lipinski definition) is 0. The summed E-state index contributed by atoms with van der Waals surface area (Å²) in [6, 6.07) is 14.2. The maximum Gasteiger partial charge on any atom is 0.317 e. The Kier molecular flexibility index (Phi) is 6.50. The van der Waals surface area contributed by atoms with Crippen molar-refractivity contribution in [2.45, 2.75) is 56.4 Å². The molecule has 7 nitrogen and oxygen atoms in total. The molecule has 0 saturated carbocycles. The Morgan fingerprint density at radius 1 is 1.16 bits per heavy atom. The number of rotatable bonds is 6. The van der Waals surface area contributed by atoms with Crippen LogP contribution < -0.4 is 4.74 Å². The fourth-order valence-electron chi connectivity index (χ4n) is 3.09. The molecule has 0 radical (unpaired) electrons. The number of nitro benzene ring substituents is 1. The number of ether oxygens (including phenoxy) is 1. The summed E-state index contributed by atoms with van der Waals surface area (Å²) in [4.78, 5) is 24.8. The van der Waals surface area contributed by atoms with Gasteiger partial charge in [0.15, 0.2) is 0 Å². The molecule has 0 spiro atoms. The minimum absolute atomic E-state index is 0.00699. The summed E-state index contributed by atoms with van der Waals surface area (Å²) in [5.41, 5.74) is 2.10. The first-order valence-electron chi connectivity index (χ1n) is 9.84. The lowest BCUT2D eigenvalue weighted by atomic mass is 10.1. The molecule has 0 atom stereocenters. The van der Waals surface area contributed by atoms with Gasteiger partial charge in [-0.15, -0.1) is 0 Å². The van der Waals surface area contributed by atoms with Gasteiger partial charge < -0.3 is 4.74 Å². The Bertz CT molecular complexity index is 1130. The molecule has 3 aromatic rings. The van der Waals surface area contributed by atoms with Gasteiger partial charge >= 0.3 is 5.97 Å². The Morgan fingerprint density at radius 2 is 1.87 bits per heavy atom. The van der Waals surface area contributed by atoms with Gasteiger partial charge in [-0.2, -0.15) is 5.10 Å². The van der Waals surface area contributed by atoms with E-state index in [0.717, 1.165) is 11.1 Å². The first kappa shape index (κ1) is 22.6. The first-order valence-corrected chi connectivity index (χ1v) is 10.7. The van der Waals surface area contributed by atoms with E-state index in [1.54, 1.807) is 29.8 Å².